The summed E-state index contributed by atoms with van der Waals surface area (Å²) in [6, 6.07) is 6.50. The van der Waals surface area contributed by atoms with Crippen LogP contribution in [0.5, 0.6) is 0 Å². The molecule has 2 aromatic rings. The first-order valence-corrected chi connectivity index (χ1v) is 11.0. The van der Waals surface area contributed by atoms with E-state index in [1.165, 1.54) is 4.90 Å². The molecule has 170 valence electrons. The molecule has 2 amide bonds. The standard InChI is InChI=1S/C24H28ClN3O4/c1-14-12-27-19(10-16(14)11-25)15-5-6-18-17(9-15)13-28(23(18)31)20(22(26)30)7-8-21(29)32-24(2,3)4/h5-6,9-10,12,20H,7-8,11,13H2,1-4H3,(H2,26,30). The molecule has 0 fully saturated rings. The van der Waals surface area contributed by atoms with Gasteiger partial charge in [-0.25, -0.2) is 0 Å². The summed E-state index contributed by atoms with van der Waals surface area (Å²) in [7, 11) is 0. The van der Waals surface area contributed by atoms with Gasteiger partial charge in [0.2, 0.25) is 5.91 Å². The van der Waals surface area contributed by atoms with E-state index in [2.05, 4.69) is 4.98 Å². The number of aromatic nitrogens is 1. The van der Waals surface area contributed by atoms with E-state index >= 15 is 0 Å². The molecule has 1 unspecified atom stereocenters. The molecule has 7 nitrogen and oxygen atoms in total. The van der Waals surface area contributed by atoms with E-state index in [1.807, 2.05) is 25.1 Å². The van der Waals surface area contributed by atoms with Gasteiger partial charge in [0.25, 0.3) is 5.91 Å². The van der Waals surface area contributed by atoms with E-state index < -0.39 is 23.5 Å². The minimum atomic E-state index is -0.897. The second kappa shape index (κ2) is 9.28. The van der Waals surface area contributed by atoms with Crippen molar-refractivity contribution in [2.75, 3.05) is 0 Å². The molecule has 1 aliphatic rings. The van der Waals surface area contributed by atoms with Crippen LogP contribution in [0.25, 0.3) is 11.3 Å². The van der Waals surface area contributed by atoms with E-state index in [1.54, 1.807) is 33.0 Å². The zero-order valence-corrected chi connectivity index (χ0v) is 19.5. The Bertz CT molecular complexity index is 1060. The Hall–Kier alpha value is -2.93. The highest BCUT2D eigenvalue weighted by Crippen LogP contribution is 2.30. The van der Waals surface area contributed by atoms with Gasteiger partial charge in [-0.2, -0.15) is 0 Å². The molecular formula is C24H28ClN3O4. The largest absolute Gasteiger partial charge is 0.460 e. The maximum absolute atomic E-state index is 13.0. The van der Waals surface area contributed by atoms with Crippen molar-refractivity contribution >= 4 is 29.4 Å². The van der Waals surface area contributed by atoms with E-state index in [0.29, 0.717) is 11.4 Å². The normalized spacial score (nSPS) is 14.3. The van der Waals surface area contributed by atoms with E-state index in [-0.39, 0.29) is 25.3 Å². The third-order valence-corrected chi connectivity index (χ3v) is 5.63. The van der Waals surface area contributed by atoms with Crippen molar-refractivity contribution in [2.24, 2.45) is 5.73 Å². The number of benzene rings is 1. The molecule has 0 bridgehead atoms. The fourth-order valence-electron chi connectivity index (χ4n) is 3.72. The van der Waals surface area contributed by atoms with Gasteiger partial charge in [-0.1, -0.05) is 6.07 Å². The number of aryl methyl sites for hydroxylation is 1. The quantitative estimate of drug-likeness (QED) is 0.504. The number of nitrogens with zero attached hydrogens (tertiary/aromatic N) is 2. The van der Waals surface area contributed by atoms with Crippen LogP contribution in [0.2, 0.25) is 0 Å². The number of hydrogen-bond donors (Lipinski definition) is 1. The number of halogens is 1. The number of rotatable bonds is 7. The Morgan fingerprint density at radius 1 is 1.28 bits per heavy atom. The molecule has 0 saturated heterocycles. The maximum Gasteiger partial charge on any atom is 0.306 e. The molecule has 1 aliphatic heterocycles. The number of primary amides is 1. The van der Waals surface area contributed by atoms with Crippen LogP contribution in [0.1, 0.15) is 60.7 Å². The average molecular weight is 458 g/mol. The molecule has 1 atom stereocenters. The van der Waals surface area contributed by atoms with Gasteiger partial charge in [-0.3, -0.25) is 19.4 Å². The SMILES string of the molecule is Cc1cnc(-c2ccc3c(c2)CN(C(CCC(=O)OC(C)(C)C)C(N)=O)C3=O)cc1CCl. The van der Waals surface area contributed by atoms with Crippen molar-refractivity contribution < 1.29 is 19.1 Å². The summed E-state index contributed by atoms with van der Waals surface area (Å²) >= 11 is 6.02. The lowest BCUT2D eigenvalue weighted by Crippen LogP contribution is -2.45. The van der Waals surface area contributed by atoms with E-state index in [4.69, 9.17) is 22.1 Å². The Morgan fingerprint density at radius 3 is 2.62 bits per heavy atom. The number of fused-ring (bicyclic) bond motifs is 1. The zero-order valence-electron chi connectivity index (χ0n) is 18.8. The lowest BCUT2D eigenvalue weighted by molar-refractivity contribution is -0.155. The van der Waals surface area contributed by atoms with Crippen LogP contribution >= 0.6 is 11.6 Å². The smallest absolute Gasteiger partial charge is 0.306 e. The summed E-state index contributed by atoms with van der Waals surface area (Å²) in [5.74, 6) is -0.980. The molecule has 2 heterocycles. The molecule has 1 aromatic heterocycles. The minimum absolute atomic E-state index is 0.00919. The van der Waals surface area contributed by atoms with Crippen molar-refractivity contribution in [3.63, 3.8) is 0 Å². The van der Waals surface area contributed by atoms with Gasteiger partial charge < -0.3 is 15.4 Å². The molecule has 1 aromatic carbocycles. The van der Waals surface area contributed by atoms with Crippen LogP contribution in [0.3, 0.4) is 0 Å². The van der Waals surface area contributed by atoms with E-state index in [9.17, 15) is 14.4 Å². The number of carbonyl (C=O) groups excluding carboxylic acids is 3. The summed E-state index contributed by atoms with van der Waals surface area (Å²) in [5, 5.41) is 0. The van der Waals surface area contributed by atoms with Crippen molar-refractivity contribution in [2.45, 2.75) is 64.6 Å². The topological polar surface area (TPSA) is 103 Å². The molecule has 0 spiro atoms. The number of alkyl halides is 1. The van der Waals surface area contributed by atoms with Crippen molar-refractivity contribution in [3.8, 4) is 11.3 Å². The van der Waals surface area contributed by atoms with Crippen LogP contribution in [0.4, 0.5) is 0 Å². The van der Waals surface area contributed by atoms with Crippen LogP contribution in [-0.2, 0) is 26.8 Å². The Balaban J connectivity index is 1.79. The second-order valence-electron chi connectivity index (χ2n) is 8.98. The summed E-state index contributed by atoms with van der Waals surface area (Å²) in [6.07, 6.45) is 1.87. The molecular weight excluding hydrogens is 430 g/mol. The molecule has 2 N–H and O–H groups in total. The second-order valence-corrected chi connectivity index (χ2v) is 9.25. The van der Waals surface area contributed by atoms with Crippen LogP contribution < -0.4 is 5.73 Å². The van der Waals surface area contributed by atoms with Gasteiger partial charge in [0.1, 0.15) is 11.6 Å². The lowest BCUT2D eigenvalue weighted by Gasteiger charge is -2.25. The zero-order chi connectivity index (χ0) is 23.6. The summed E-state index contributed by atoms with van der Waals surface area (Å²) in [6.45, 7) is 7.50. The number of carbonyl (C=O) groups is 3. The van der Waals surface area contributed by atoms with Crippen LogP contribution in [-0.4, -0.2) is 39.3 Å². The monoisotopic (exact) mass is 457 g/mol. The Labute approximate surface area is 192 Å². The fourth-order valence-corrected chi connectivity index (χ4v) is 4.01. The van der Waals surface area contributed by atoms with Crippen LogP contribution in [0.15, 0.2) is 30.5 Å². The Kier molecular flexibility index (Phi) is 6.88. The highest BCUT2D eigenvalue weighted by atomic mass is 35.5. The van der Waals surface area contributed by atoms with Crippen molar-refractivity contribution in [3.05, 3.63) is 52.7 Å². The van der Waals surface area contributed by atoms with Gasteiger partial charge in [0, 0.05) is 36.2 Å². The fraction of sp³-hybridized carbons (Fsp3) is 0.417. The first kappa shape index (κ1) is 23.7. The number of hydrogen-bond acceptors (Lipinski definition) is 5. The first-order chi connectivity index (χ1) is 15.0. The average Bonchev–Trinajstić information content (AvgIpc) is 3.02. The van der Waals surface area contributed by atoms with Gasteiger partial charge in [-0.05, 0) is 69.0 Å². The summed E-state index contributed by atoms with van der Waals surface area (Å²) < 4.78 is 5.30. The number of nitrogens with two attached hydrogens (primary N) is 1. The van der Waals surface area contributed by atoms with Gasteiger partial charge in [-0.15, -0.1) is 11.6 Å². The molecule has 0 radical (unpaired) electrons. The minimum Gasteiger partial charge on any atom is -0.460 e. The lowest BCUT2D eigenvalue weighted by atomic mass is 10.0. The van der Waals surface area contributed by atoms with Gasteiger partial charge in [0.05, 0.1) is 5.69 Å². The highest BCUT2D eigenvalue weighted by molar-refractivity contribution is 6.17. The third kappa shape index (κ3) is 5.27. The van der Waals surface area contributed by atoms with Crippen LogP contribution in [0, 0.1) is 6.92 Å². The van der Waals surface area contributed by atoms with Gasteiger partial charge >= 0.3 is 5.97 Å². The number of amides is 2. The van der Waals surface area contributed by atoms with E-state index in [0.717, 1.165) is 27.9 Å². The molecule has 0 saturated carbocycles. The highest BCUT2D eigenvalue weighted by Gasteiger charge is 2.36. The van der Waals surface area contributed by atoms with Crippen molar-refractivity contribution in [1.82, 2.24) is 9.88 Å². The maximum atomic E-state index is 13.0. The first-order valence-electron chi connectivity index (χ1n) is 10.5. The van der Waals surface area contributed by atoms with Gasteiger partial charge in [0.15, 0.2) is 0 Å². The molecule has 8 heteroatoms. The molecule has 32 heavy (non-hydrogen) atoms. The predicted octanol–water partition coefficient (Wildman–Crippen LogP) is 3.73. The summed E-state index contributed by atoms with van der Waals surface area (Å²) in [4.78, 5) is 43.1. The van der Waals surface area contributed by atoms with Crippen molar-refractivity contribution in [1.29, 1.82) is 0 Å². The third-order valence-electron chi connectivity index (χ3n) is 5.34. The molecule has 3 rings (SSSR count). The number of pyridine rings is 1. The Morgan fingerprint density at radius 2 is 2.00 bits per heavy atom. The molecule has 0 aliphatic carbocycles. The number of ether oxygens (including phenoxy) is 1. The number of esters is 1. The predicted molar refractivity (Wildman–Crippen MR) is 122 cm³/mol. The summed E-state index contributed by atoms with van der Waals surface area (Å²) in [5.41, 5.74) is 9.89.